The number of ether oxygens (including phenoxy) is 1. The van der Waals surface area contributed by atoms with Gasteiger partial charge in [-0.3, -0.25) is 4.79 Å². The zero-order valence-electron chi connectivity index (χ0n) is 17.5. The van der Waals surface area contributed by atoms with Crippen LogP contribution in [0.15, 0.2) is 52.5 Å². The normalized spacial score (nSPS) is 12.1. The number of methoxy groups -OCH3 is 1. The third kappa shape index (κ3) is 5.16. The number of aromatic nitrogens is 3. The molecule has 0 saturated heterocycles. The van der Waals surface area contributed by atoms with E-state index in [9.17, 15) is 26.4 Å². The molecule has 0 aliphatic rings. The number of benzene rings is 1. The minimum Gasteiger partial charge on any atom is -0.496 e. The highest BCUT2D eigenvalue weighted by Gasteiger charge is 2.35. The van der Waals surface area contributed by atoms with E-state index in [1.54, 1.807) is 19.2 Å². The maximum absolute atomic E-state index is 13.3. The quantitative estimate of drug-likeness (QED) is 0.517. The van der Waals surface area contributed by atoms with Gasteiger partial charge in [0.1, 0.15) is 11.4 Å². The van der Waals surface area contributed by atoms with E-state index in [0.717, 1.165) is 17.4 Å². The van der Waals surface area contributed by atoms with E-state index in [1.807, 2.05) is 13.0 Å². The Kier molecular flexibility index (Phi) is 6.40. The van der Waals surface area contributed by atoms with E-state index in [2.05, 4.69) is 9.97 Å². The van der Waals surface area contributed by atoms with Crippen LogP contribution in [0.5, 0.6) is 5.75 Å². The van der Waals surface area contributed by atoms with Gasteiger partial charge in [0.2, 0.25) is 15.0 Å². The van der Waals surface area contributed by atoms with Crippen LogP contribution in [-0.2, 0) is 29.0 Å². The van der Waals surface area contributed by atoms with Crippen molar-refractivity contribution >= 4 is 9.84 Å². The highest BCUT2D eigenvalue weighted by atomic mass is 32.2. The van der Waals surface area contributed by atoms with Gasteiger partial charge in [-0.15, -0.1) is 0 Å². The Balaban J connectivity index is 2.08. The predicted molar refractivity (Wildman–Crippen MR) is 111 cm³/mol. The van der Waals surface area contributed by atoms with Gasteiger partial charge >= 0.3 is 6.18 Å². The molecular formula is C21H20F3N3O4S. The fraction of sp³-hybridized carbons (Fsp3) is 0.286. The smallest absolute Gasteiger partial charge is 0.433 e. The first-order valence-corrected chi connectivity index (χ1v) is 11.3. The van der Waals surface area contributed by atoms with Crippen molar-refractivity contribution in [1.82, 2.24) is 14.5 Å². The Hall–Kier alpha value is -3.21. The third-order valence-electron chi connectivity index (χ3n) is 4.69. The molecule has 32 heavy (non-hydrogen) atoms. The maximum atomic E-state index is 13.3. The van der Waals surface area contributed by atoms with Crippen molar-refractivity contribution in [3.05, 3.63) is 69.8 Å². The lowest BCUT2D eigenvalue weighted by molar-refractivity contribution is -0.141. The van der Waals surface area contributed by atoms with Crippen LogP contribution in [0.3, 0.4) is 0 Å². The molecule has 0 N–H and O–H groups in total. The molecule has 0 aliphatic heterocycles. The molecule has 0 spiro atoms. The SMILES string of the molecule is CCc1cc(Cn2cc(-c3cc(C(F)(F)F)nc(S(C)(=O)=O)n3)ccc2=O)ccc1OC. The molecule has 0 fully saturated rings. The summed E-state index contributed by atoms with van der Waals surface area (Å²) in [5, 5.41) is -0.942. The van der Waals surface area contributed by atoms with Gasteiger partial charge in [0.05, 0.1) is 19.3 Å². The zero-order valence-corrected chi connectivity index (χ0v) is 18.3. The molecule has 0 radical (unpaired) electrons. The molecule has 3 rings (SSSR count). The minimum absolute atomic E-state index is 0.145. The molecule has 0 atom stereocenters. The summed E-state index contributed by atoms with van der Waals surface area (Å²) in [5.41, 5.74) is -0.147. The Labute approximate surface area is 182 Å². The van der Waals surface area contributed by atoms with Gasteiger partial charge in [-0.25, -0.2) is 18.4 Å². The largest absolute Gasteiger partial charge is 0.496 e. The Morgan fingerprint density at radius 2 is 1.81 bits per heavy atom. The van der Waals surface area contributed by atoms with E-state index in [4.69, 9.17) is 4.74 Å². The Morgan fingerprint density at radius 1 is 1.09 bits per heavy atom. The van der Waals surface area contributed by atoms with Crippen LogP contribution in [-0.4, -0.2) is 36.3 Å². The van der Waals surface area contributed by atoms with E-state index >= 15 is 0 Å². The predicted octanol–water partition coefficient (Wildman–Crippen LogP) is 3.35. The molecule has 0 amide bonds. The van der Waals surface area contributed by atoms with Crippen molar-refractivity contribution < 1.29 is 26.3 Å². The first-order chi connectivity index (χ1) is 14.9. The van der Waals surface area contributed by atoms with Crippen LogP contribution in [0.2, 0.25) is 0 Å². The zero-order chi connectivity index (χ0) is 23.7. The molecule has 170 valence electrons. The average molecular weight is 467 g/mol. The number of halogens is 3. The summed E-state index contributed by atoms with van der Waals surface area (Å²) in [6.45, 7) is 2.11. The highest BCUT2D eigenvalue weighted by molar-refractivity contribution is 7.90. The molecule has 0 aliphatic carbocycles. The summed E-state index contributed by atoms with van der Waals surface area (Å²) in [6.07, 6.45) is -2.10. The number of nitrogens with zero attached hydrogens (tertiary/aromatic N) is 3. The summed E-state index contributed by atoms with van der Waals surface area (Å²) < 4.78 is 70.0. The molecule has 1 aromatic carbocycles. The number of sulfone groups is 1. The second-order valence-corrected chi connectivity index (χ2v) is 8.98. The molecule has 0 bridgehead atoms. The van der Waals surface area contributed by atoms with Gasteiger partial charge in [0.25, 0.3) is 5.56 Å². The van der Waals surface area contributed by atoms with E-state index in [0.29, 0.717) is 18.2 Å². The van der Waals surface area contributed by atoms with Crippen molar-refractivity contribution in [3.8, 4) is 17.0 Å². The highest BCUT2D eigenvalue weighted by Crippen LogP contribution is 2.31. The first-order valence-electron chi connectivity index (χ1n) is 9.45. The van der Waals surface area contributed by atoms with E-state index < -0.39 is 26.9 Å². The van der Waals surface area contributed by atoms with Crippen LogP contribution in [0.25, 0.3) is 11.3 Å². The fourth-order valence-corrected chi connectivity index (χ4v) is 3.62. The van der Waals surface area contributed by atoms with Gasteiger partial charge < -0.3 is 9.30 Å². The summed E-state index contributed by atoms with van der Waals surface area (Å²) in [5.74, 6) is 0.714. The first kappa shape index (κ1) is 23.5. The monoisotopic (exact) mass is 467 g/mol. The number of rotatable bonds is 6. The van der Waals surface area contributed by atoms with Crippen molar-refractivity contribution in [2.24, 2.45) is 0 Å². The van der Waals surface area contributed by atoms with Crippen molar-refractivity contribution in [2.45, 2.75) is 31.2 Å². The van der Waals surface area contributed by atoms with Crippen molar-refractivity contribution in [1.29, 1.82) is 0 Å². The van der Waals surface area contributed by atoms with E-state index in [1.165, 1.54) is 22.9 Å². The van der Waals surface area contributed by atoms with Crippen LogP contribution in [0, 0.1) is 0 Å². The standard InChI is InChI=1S/C21H20F3N3O4S/c1-4-14-9-13(5-7-17(14)31-2)11-27-12-15(6-8-19(27)28)16-10-18(21(22,23)24)26-20(25-16)32(3,29)30/h5-10,12H,4,11H2,1-3H3. The van der Waals surface area contributed by atoms with Gasteiger partial charge in [-0.05, 0) is 35.7 Å². The Morgan fingerprint density at radius 3 is 2.41 bits per heavy atom. The molecule has 2 heterocycles. The fourth-order valence-electron chi connectivity index (χ4n) is 3.09. The molecule has 11 heteroatoms. The molecule has 7 nitrogen and oxygen atoms in total. The topological polar surface area (TPSA) is 91.1 Å². The lowest BCUT2D eigenvalue weighted by Crippen LogP contribution is -2.19. The Bertz CT molecular complexity index is 1320. The number of aryl methyl sites for hydroxylation is 1. The number of alkyl halides is 3. The molecule has 0 unspecified atom stereocenters. The second-order valence-electron chi connectivity index (χ2n) is 7.07. The number of hydrogen-bond acceptors (Lipinski definition) is 6. The van der Waals surface area contributed by atoms with Crippen LogP contribution in [0.1, 0.15) is 23.7 Å². The van der Waals surface area contributed by atoms with Crippen LogP contribution < -0.4 is 10.3 Å². The molecular weight excluding hydrogens is 447 g/mol. The van der Waals surface area contributed by atoms with Crippen molar-refractivity contribution in [2.75, 3.05) is 13.4 Å². The summed E-state index contributed by atoms with van der Waals surface area (Å²) in [4.78, 5) is 19.3. The lowest BCUT2D eigenvalue weighted by atomic mass is 10.1. The minimum atomic E-state index is -4.87. The third-order valence-corrected chi connectivity index (χ3v) is 5.53. The summed E-state index contributed by atoms with van der Waals surface area (Å²) in [7, 11) is -2.54. The van der Waals surface area contributed by atoms with Crippen LogP contribution >= 0.6 is 0 Å². The van der Waals surface area contributed by atoms with Crippen LogP contribution in [0.4, 0.5) is 13.2 Å². The molecule has 0 saturated carbocycles. The molecule has 3 aromatic rings. The second kappa shape index (κ2) is 8.73. The van der Waals surface area contributed by atoms with Gasteiger partial charge in [-0.1, -0.05) is 19.1 Å². The average Bonchev–Trinajstić information content (AvgIpc) is 2.73. The van der Waals surface area contributed by atoms with E-state index in [-0.39, 0.29) is 23.4 Å². The lowest BCUT2D eigenvalue weighted by Gasteiger charge is -2.13. The van der Waals surface area contributed by atoms with Gasteiger partial charge in [0, 0.05) is 24.1 Å². The van der Waals surface area contributed by atoms with Crippen molar-refractivity contribution in [3.63, 3.8) is 0 Å². The molecule has 2 aromatic heterocycles. The van der Waals surface area contributed by atoms with Gasteiger partial charge in [0.15, 0.2) is 0 Å². The number of hydrogen-bond donors (Lipinski definition) is 0. The summed E-state index contributed by atoms with van der Waals surface area (Å²) >= 11 is 0. The van der Waals surface area contributed by atoms with Gasteiger partial charge in [-0.2, -0.15) is 13.2 Å². The summed E-state index contributed by atoms with van der Waals surface area (Å²) in [6, 6.07) is 8.58. The maximum Gasteiger partial charge on any atom is 0.433 e. The number of pyridine rings is 1.